The van der Waals surface area contributed by atoms with Gasteiger partial charge in [0.2, 0.25) is 11.3 Å². The van der Waals surface area contributed by atoms with Crippen LogP contribution in [0.2, 0.25) is 5.02 Å². The summed E-state index contributed by atoms with van der Waals surface area (Å²) in [6.07, 6.45) is 1.03. The van der Waals surface area contributed by atoms with Crippen LogP contribution >= 0.6 is 27.5 Å². The summed E-state index contributed by atoms with van der Waals surface area (Å²) in [5, 5.41) is 7.74. The molecule has 0 atom stereocenters. The standard InChI is InChI=1S/C21H19BrClN3O2/c1-3-6-18(27)24-21-19(16-7-4-5-8-17(16)23)20(28)13(2)25-26(21)15-11-9-14(22)10-12-15/h4-5,7-12H,3,6H2,1-2H3,(H,24,27). The number of nitrogens with one attached hydrogen (secondary N) is 1. The van der Waals surface area contributed by atoms with Crippen LogP contribution in [0.4, 0.5) is 5.82 Å². The summed E-state index contributed by atoms with van der Waals surface area (Å²) in [4.78, 5) is 25.4. The molecule has 0 aliphatic heterocycles. The largest absolute Gasteiger partial charge is 0.310 e. The molecule has 7 heteroatoms. The molecular formula is C21H19BrClN3O2. The highest BCUT2D eigenvalue weighted by Gasteiger charge is 2.21. The van der Waals surface area contributed by atoms with Crippen molar-refractivity contribution in [2.75, 3.05) is 5.32 Å². The zero-order chi connectivity index (χ0) is 20.3. The third-order valence-electron chi connectivity index (χ3n) is 4.20. The van der Waals surface area contributed by atoms with Crippen LogP contribution in [0.15, 0.2) is 57.8 Å². The molecule has 28 heavy (non-hydrogen) atoms. The summed E-state index contributed by atoms with van der Waals surface area (Å²) < 4.78 is 2.49. The highest BCUT2D eigenvalue weighted by atomic mass is 79.9. The summed E-state index contributed by atoms with van der Waals surface area (Å²) in [6.45, 7) is 3.57. The van der Waals surface area contributed by atoms with Gasteiger partial charge in [0.25, 0.3) is 0 Å². The van der Waals surface area contributed by atoms with E-state index in [0.29, 0.717) is 46.2 Å². The minimum Gasteiger partial charge on any atom is -0.310 e. The van der Waals surface area contributed by atoms with Gasteiger partial charge in [0.15, 0.2) is 0 Å². The lowest BCUT2D eigenvalue weighted by atomic mass is 10.0. The minimum atomic E-state index is -0.270. The van der Waals surface area contributed by atoms with Crippen molar-refractivity contribution in [2.24, 2.45) is 0 Å². The van der Waals surface area contributed by atoms with E-state index in [1.165, 1.54) is 0 Å². The normalized spacial score (nSPS) is 10.7. The summed E-state index contributed by atoms with van der Waals surface area (Å²) in [6, 6.07) is 14.5. The molecule has 0 bridgehead atoms. The maximum absolute atomic E-state index is 13.0. The van der Waals surface area contributed by atoms with Gasteiger partial charge < -0.3 is 5.32 Å². The fourth-order valence-electron chi connectivity index (χ4n) is 2.86. The number of carbonyl (C=O) groups excluding carboxylic acids is 1. The molecule has 0 spiro atoms. The predicted octanol–water partition coefficient (Wildman–Crippen LogP) is 5.36. The number of anilines is 1. The Morgan fingerprint density at radius 2 is 1.86 bits per heavy atom. The number of aryl methyl sites for hydroxylation is 1. The van der Waals surface area contributed by atoms with Gasteiger partial charge in [-0.25, -0.2) is 4.68 Å². The van der Waals surface area contributed by atoms with Crippen molar-refractivity contribution < 1.29 is 4.79 Å². The lowest BCUT2D eigenvalue weighted by Gasteiger charge is -2.19. The van der Waals surface area contributed by atoms with E-state index in [0.717, 1.165) is 4.47 Å². The number of carbonyl (C=O) groups is 1. The van der Waals surface area contributed by atoms with Crippen LogP contribution in [0.5, 0.6) is 0 Å². The van der Waals surface area contributed by atoms with Crippen LogP contribution in [0.25, 0.3) is 16.8 Å². The van der Waals surface area contributed by atoms with E-state index in [4.69, 9.17) is 11.6 Å². The van der Waals surface area contributed by atoms with Gasteiger partial charge in [-0.15, -0.1) is 0 Å². The molecule has 1 N–H and O–H groups in total. The second-order valence-corrected chi connectivity index (χ2v) is 7.63. The van der Waals surface area contributed by atoms with Crippen LogP contribution < -0.4 is 10.7 Å². The molecule has 5 nitrogen and oxygen atoms in total. The number of nitrogens with zero attached hydrogens (tertiary/aromatic N) is 2. The number of hydrogen-bond donors (Lipinski definition) is 1. The maximum Gasteiger partial charge on any atom is 0.225 e. The van der Waals surface area contributed by atoms with Crippen molar-refractivity contribution in [3.05, 3.63) is 73.9 Å². The molecule has 0 aliphatic carbocycles. The smallest absolute Gasteiger partial charge is 0.225 e. The van der Waals surface area contributed by atoms with Gasteiger partial charge in [-0.2, -0.15) is 5.10 Å². The first-order valence-corrected chi connectivity index (χ1v) is 10.0. The van der Waals surface area contributed by atoms with Crippen molar-refractivity contribution in [1.82, 2.24) is 9.78 Å². The van der Waals surface area contributed by atoms with Crippen LogP contribution in [-0.2, 0) is 4.79 Å². The SMILES string of the molecule is CCCC(=O)Nc1c(-c2ccccc2Cl)c(=O)c(C)nn1-c1ccc(Br)cc1. The fourth-order valence-corrected chi connectivity index (χ4v) is 3.35. The molecule has 0 radical (unpaired) electrons. The molecule has 1 heterocycles. The Hall–Kier alpha value is -2.44. The van der Waals surface area contributed by atoms with E-state index < -0.39 is 0 Å². The van der Waals surface area contributed by atoms with Gasteiger partial charge in [-0.1, -0.05) is 52.7 Å². The van der Waals surface area contributed by atoms with E-state index in [2.05, 4.69) is 26.3 Å². The van der Waals surface area contributed by atoms with E-state index >= 15 is 0 Å². The highest BCUT2D eigenvalue weighted by molar-refractivity contribution is 9.10. The molecule has 3 rings (SSSR count). The van der Waals surface area contributed by atoms with Crippen molar-refractivity contribution in [1.29, 1.82) is 0 Å². The zero-order valence-electron chi connectivity index (χ0n) is 15.5. The quantitative estimate of drug-likeness (QED) is 0.557. The van der Waals surface area contributed by atoms with E-state index in [1.54, 1.807) is 35.9 Å². The second kappa shape index (κ2) is 8.71. The Balaban J connectivity index is 2.33. The lowest BCUT2D eigenvalue weighted by molar-refractivity contribution is -0.116. The Kier molecular flexibility index (Phi) is 6.31. The molecule has 0 saturated heterocycles. The van der Waals surface area contributed by atoms with Gasteiger partial charge in [0, 0.05) is 21.5 Å². The monoisotopic (exact) mass is 459 g/mol. The number of amides is 1. The van der Waals surface area contributed by atoms with Crippen molar-refractivity contribution >= 4 is 39.3 Å². The molecule has 0 aliphatic rings. The first-order valence-electron chi connectivity index (χ1n) is 8.87. The number of hydrogen-bond acceptors (Lipinski definition) is 3. The van der Waals surface area contributed by atoms with Gasteiger partial charge in [0.05, 0.1) is 11.3 Å². The molecular weight excluding hydrogens is 442 g/mol. The van der Waals surface area contributed by atoms with Crippen LogP contribution in [-0.4, -0.2) is 15.7 Å². The number of halogens is 2. The van der Waals surface area contributed by atoms with E-state index in [-0.39, 0.29) is 11.3 Å². The van der Waals surface area contributed by atoms with Crippen molar-refractivity contribution in [3.8, 4) is 16.8 Å². The molecule has 0 fully saturated rings. The topological polar surface area (TPSA) is 64.0 Å². The Labute approximate surface area is 176 Å². The summed E-state index contributed by atoms with van der Waals surface area (Å²) in [5.74, 6) is 0.121. The third kappa shape index (κ3) is 4.18. The summed E-state index contributed by atoms with van der Waals surface area (Å²) in [7, 11) is 0. The molecule has 3 aromatic rings. The predicted molar refractivity (Wildman–Crippen MR) is 116 cm³/mol. The fraction of sp³-hybridized carbons (Fsp3) is 0.190. The Bertz CT molecular complexity index is 1080. The summed E-state index contributed by atoms with van der Waals surface area (Å²) in [5.41, 5.74) is 1.63. The van der Waals surface area contributed by atoms with E-state index in [1.807, 2.05) is 31.2 Å². The van der Waals surface area contributed by atoms with Crippen LogP contribution in [0.1, 0.15) is 25.5 Å². The first kappa shape index (κ1) is 20.3. The Morgan fingerprint density at radius 1 is 1.18 bits per heavy atom. The molecule has 2 aromatic carbocycles. The maximum atomic E-state index is 13.0. The van der Waals surface area contributed by atoms with E-state index in [9.17, 15) is 9.59 Å². The van der Waals surface area contributed by atoms with Crippen LogP contribution in [0, 0.1) is 6.92 Å². The molecule has 0 saturated carbocycles. The Morgan fingerprint density at radius 3 is 2.50 bits per heavy atom. The van der Waals surface area contributed by atoms with Gasteiger partial charge in [-0.3, -0.25) is 9.59 Å². The van der Waals surface area contributed by atoms with Gasteiger partial charge in [0.1, 0.15) is 11.5 Å². The number of aromatic nitrogens is 2. The van der Waals surface area contributed by atoms with Crippen molar-refractivity contribution in [2.45, 2.75) is 26.7 Å². The molecule has 1 amide bonds. The average Bonchev–Trinajstić information content (AvgIpc) is 2.67. The number of benzene rings is 2. The van der Waals surface area contributed by atoms with Gasteiger partial charge in [-0.05, 0) is 43.7 Å². The first-order chi connectivity index (χ1) is 13.4. The number of rotatable bonds is 5. The molecule has 0 unspecified atom stereocenters. The van der Waals surface area contributed by atoms with Crippen LogP contribution in [0.3, 0.4) is 0 Å². The summed E-state index contributed by atoms with van der Waals surface area (Å²) >= 11 is 9.80. The lowest BCUT2D eigenvalue weighted by Crippen LogP contribution is -2.24. The molecule has 144 valence electrons. The third-order valence-corrected chi connectivity index (χ3v) is 5.06. The molecule has 1 aromatic heterocycles. The highest BCUT2D eigenvalue weighted by Crippen LogP contribution is 2.32. The average molecular weight is 461 g/mol. The zero-order valence-corrected chi connectivity index (χ0v) is 17.8. The van der Waals surface area contributed by atoms with Gasteiger partial charge >= 0.3 is 0 Å². The minimum absolute atomic E-state index is 0.188. The van der Waals surface area contributed by atoms with Crippen molar-refractivity contribution in [3.63, 3.8) is 0 Å². The second-order valence-electron chi connectivity index (χ2n) is 6.30.